The lowest BCUT2D eigenvalue weighted by Crippen LogP contribution is -2.37. The second kappa shape index (κ2) is 4.97. The van der Waals surface area contributed by atoms with Crippen molar-refractivity contribution in [2.75, 3.05) is 26.2 Å². The van der Waals surface area contributed by atoms with Gasteiger partial charge < -0.3 is 10.6 Å². The molecule has 2 nitrogen and oxygen atoms in total. The molecule has 1 atom stereocenters. The minimum atomic E-state index is 0.550. The van der Waals surface area contributed by atoms with E-state index in [0.717, 1.165) is 12.5 Å². The maximum atomic E-state index is 3.58. The smallest absolute Gasteiger partial charge is 0.00205 e. The highest BCUT2D eigenvalue weighted by Gasteiger charge is 2.31. The Kier molecular flexibility index (Phi) is 4.20. The lowest BCUT2D eigenvalue weighted by atomic mass is 9.84. The van der Waals surface area contributed by atoms with Crippen molar-refractivity contribution in [3.8, 4) is 0 Å². The van der Waals surface area contributed by atoms with Crippen molar-refractivity contribution in [1.82, 2.24) is 10.6 Å². The van der Waals surface area contributed by atoms with E-state index >= 15 is 0 Å². The summed E-state index contributed by atoms with van der Waals surface area (Å²) in [7, 11) is 0. The van der Waals surface area contributed by atoms with Gasteiger partial charge in [0.2, 0.25) is 0 Å². The Morgan fingerprint density at radius 3 is 2.69 bits per heavy atom. The van der Waals surface area contributed by atoms with Gasteiger partial charge in [-0.05, 0) is 37.3 Å². The predicted molar refractivity (Wildman–Crippen MR) is 57.9 cm³/mol. The van der Waals surface area contributed by atoms with Crippen molar-refractivity contribution in [1.29, 1.82) is 0 Å². The highest BCUT2D eigenvalue weighted by atomic mass is 15.0. The van der Waals surface area contributed by atoms with Gasteiger partial charge in [0.25, 0.3) is 0 Å². The Balaban J connectivity index is 2.23. The first-order chi connectivity index (χ1) is 6.18. The zero-order valence-electron chi connectivity index (χ0n) is 9.32. The molecule has 1 unspecified atom stereocenters. The summed E-state index contributed by atoms with van der Waals surface area (Å²) in [6, 6.07) is 0. The summed E-state index contributed by atoms with van der Waals surface area (Å²) >= 11 is 0. The average molecular weight is 184 g/mol. The maximum absolute atomic E-state index is 3.58. The number of rotatable bonds is 5. The minimum absolute atomic E-state index is 0.550. The van der Waals surface area contributed by atoms with E-state index in [-0.39, 0.29) is 0 Å². The summed E-state index contributed by atoms with van der Waals surface area (Å²) < 4.78 is 0. The third-order valence-electron chi connectivity index (χ3n) is 3.13. The van der Waals surface area contributed by atoms with Crippen LogP contribution in [-0.2, 0) is 0 Å². The Labute approximate surface area is 82.5 Å². The summed E-state index contributed by atoms with van der Waals surface area (Å²) in [5.41, 5.74) is 0.550. The molecule has 2 N–H and O–H groups in total. The first-order valence-corrected chi connectivity index (χ1v) is 5.60. The van der Waals surface area contributed by atoms with Gasteiger partial charge in [-0.25, -0.2) is 0 Å². The Bertz CT molecular complexity index is 137. The van der Waals surface area contributed by atoms with Crippen molar-refractivity contribution in [3.05, 3.63) is 0 Å². The minimum Gasteiger partial charge on any atom is -0.316 e. The molecule has 0 spiro atoms. The van der Waals surface area contributed by atoms with Gasteiger partial charge in [0, 0.05) is 13.1 Å². The van der Waals surface area contributed by atoms with Crippen LogP contribution in [-0.4, -0.2) is 26.2 Å². The van der Waals surface area contributed by atoms with Gasteiger partial charge in [-0.1, -0.05) is 20.8 Å². The van der Waals surface area contributed by atoms with E-state index in [1.807, 2.05) is 0 Å². The fourth-order valence-electron chi connectivity index (χ4n) is 2.00. The lowest BCUT2D eigenvalue weighted by molar-refractivity contribution is 0.287. The van der Waals surface area contributed by atoms with E-state index in [1.165, 1.54) is 32.5 Å². The van der Waals surface area contributed by atoms with E-state index in [9.17, 15) is 0 Å². The average Bonchev–Trinajstić information content (AvgIpc) is 2.53. The van der Waals surface area contributed by atoms with Gasteiger partial charge in [0.15, 0.2) is 0 Å². The quantitative estimate of drug-likeness (QED) is 0.678. The van der Waals surface area contributed by atoms with Crippen molar-refractivity contribution < 1.29 is 0 Å². The molecule has 0 aromatic heterocycles. The van der Waals surface area contributed by atoms with Crippen molar-refractivity contribution in [2.45, 2.75) is 33.6 Å². The standard InChI is InChI=1S/C11H24N2/c1-4-11(5-6-12-8-11)9-13-7-10(2)3/h10,12-13H,4-9H2,1-3H3. The molecule has 1 saturated heterocycles. The van der Waals surface area contributed by atoms with Crippen LogP contribution < -0.4 is 10.6 Å². The van der Waals surface area contributed by atoms with Gasteiger partial charge in [0.1, 0.15) is 0 Å². The van der Waals surface area contributed by atoms with Crippen LogP contribution in [0.5, 0.6) is 0 Å². The van der Waals surface area contributed by atoms with E-state index in [2.05, 4.69) is 31.4 Å². The highest BCUT2D eigenvalue weighted by Crippen LogP contribution is 2.28. The normalized spacial score (nSPS) is 28.6. The lowest BCUT2D eigenvalue weighted by Gasteiger charge is -2.27. The van der Waals surface area contributed by atoms with Gasteiger partial charge in [-0.2, -0.15) is 0 Å². The van der Waals surface area contributed by atoms with Crippen LogP contribution in [0.2, 0.25) is 0 Å². The second-order valence-corrected chi connectivity index (χ2v) is 4.81. The summed E-state index contributed by atoms with van der Waals surface area (Å²) in [5, 5.41) is 7.04. The number of nitrogens with one attached hydrogen (secondary N) is 2. The molecule has 1 heterocycles. The zero-order chi connectivity index (χ0) is 9.73. The summed E-state index contributed by atoms with van der Waals surface area (Å²) in [6.07, 6.45) is 2.64. The summed E-state index contributed by atoms with van der Waals surface area (Å²) in [6.45, 7) is 11.6. The third kappa shape index (κ3) is 3.28. The molecule has 1 aliphatic heterocycles. The molecule has 1 aliphatic rings. The van der Waals surface area contributed by atoms with Crippen LogP contribution in [0.4, 0.5) is 0 Å². The van der Waals surface area contributed by atoms with Crippen LogP contribution >= 0.6 is 0 Å². The molecule has 1 rings (SSSR count). The Hall–Kier alpha value is -0.0800. The predicted octanol–water partition coefficient (Wildman–Crippen LogP) is 1.62. The van der Waals surface area contributed by atoms with Gasteiger partial charge in [-0.3, -0.25) is 0 Å². The first kappa shape index (κ1) is 11.0. The first-order valence-electron chi connectivity index (χ1n) is 5.60. The molecule has 13 heavy (non-hydrogen) atoms. The highest BCUT2D eigenvalue weighted by molar-refractivity contribution is 4.88. The fourth-order valence-corrected chi connectivity index (χ4v) is 2.00. The zero-order valence-corrected chi connectivity index (χ0v) is 9.32. The molecule has 1 fully saturated rings. The van der Waals surface area contributed by atoms with Crippen molar-refractivity contribution >= 4 is 0 Å². The third-order valence-corrected chi connectivity index (χ3v) is 3.13. The van der Waals surface area contributed by atoms with Crippen LogP contribution in [0.1, 0.15) is 33.6 Å². The fraction of sp³-hybridized carbons (Fsp3) is 1.00. The topological polar surface area (TPSA) is 24.1 Å². The molecule has 0 radical (unpaired) electrons. The molecular formula is C11H24N2. The largest absolute Gasteiger partial charge is 0.316 e. The van der Waals surface area contributed by atoms with E-state index in [4.69, 9.17) is 0 Å². The SMILES string of the molecule is CCC1(CNCC(C)C)CCNC1. The van der Waals surface area contributed by atoms with E-state index < -0.39 is 0 Å². The maximum Gasteiger partial charge on any atom is 0.00205 e. The molecule has 0 saturated carbocycles. The Morgan fingerprint density at radius 2 is 2.23 bits per heavy atom. The summed E-state index contributed by atoms with van der Waals surface area (Å²) in [5.74, 6) is 0.767. The van der Waals surface area contributed by atoms with Crippen LogP contribution in [0.25, 0.3) is 0 Å². The molecule has 0 aromatic carbocycles. The van der Waals surface area contributed by atoms with E-state index in [1.54, 1.807) is 0 Å². The monoisotopic (exact) mass is 184 g/mol. The van der Waals surface area contributed by atoms with Gasteiger partial charge >= 0.3 is 0 Å². The number of hydrogen-bond acceptors (Lipinski definition) is 2. The van der Waals surface area contributed by atoms with Crippen molar-refractivity contribution in [3.63, 3.8) is 0 Å². The summed E-state index contributed by atoms with van der Waals surface area (Å²) in [4.78, 5) is 0. The molecular weight excluding hydrogens is 160 g/mol. The van der Waals surface area contributed by atoms with Crippen molar-refractivity contribution in [2.24, 2.45) is 11.3 Å². The second-order valence-electron chi connectivity index (χ2n) is 4.81. The molecule has 78 valence electrons. The molecule has 2 heteroatoms. The Morgan fingerprint density at radius 1 is 1.46 bits per heavy atom. The van der Waals surface area contributed by atoms with Gasteiger partial charge in [0.05, 0.1) is 0 Å². The number of hydrogen-bond donors (Lipinski definition) is 2. The molecule has 0 bridgehead atoms. The van der Waals surface area contributed by atoms with Crippen LogP contribution in [0, 0.1) is 11.3 Å². The van der Waals surface area contributed by atoms with Crippen LogP contribution in [0.15, 0.2) is 0 Å². The molecule has 0 amide bonds. The molecule has 0 aliphatic carbocycles. The van der Waals surface area contributed by atoms with Gasteiger partial charge in [-0.15, -0.1) is 0 Å². The molecule has 0 aromatic rings. The van der Waals surface area contributed by atoms with E-state index in [0.29, 0.717) is 5.41 Å². The van der Waals surface area contributed by atoms with Crippen LogP contribution in [0.3, 0.4) is 0 Å².